The van der Waals surface area contributed by atoms with Crippen LogP contribution in [-0.2, 0) is 0 Å². The van der Waals surface area contributed by atoms with E-state index < -0.39 is 29.0 Å². The van der Waals surface area contributed by atoms with Crippen LogP contribution in [0.2, 0.25) is 0 Å². The Balaban J connectivity index is 1.91. The lowest BCUT2D eigenvalue weighted by molar-refractivity contribution is 0.0720. The summed E-state index contributed by atoms with van der Waals surface area (Å²) in [6, 6.07) is 8.71. The van der Waals surface area contributed by atoms with E-state index in [1.165, 1.54) is 23.1 Å². The van der Waals surface area contributed by atoms with Gasteiger partial charge in [0, 0.05) is 12.1 Å². The Kier molecular flexibility index (Phi) is 4.92. The van der Waals surface area contributed by atoms with Gasteiger partial charge in [-0.2, -0.15) is 0 Å². The molecule has 0 saturated carbocycles. The van der Waals surface area contributed by atoms with Gasteiger partial charge in [-0.1, -0.05) is 18.2 Å². The Hall–Kier alpha value is -3.06. The molecule has 5 nitrogen and oxygen atoms in total. The Labute approximate surface area is 166 Å². The number of rotatable bonds is 5. The lowest BCUT2D eigenvalue weighted by atomic mass is 9.98. The summed E-state index contributed by atoms with van der Waals surface area (Å²) >= 11 is 0. The first-order valence-corrected chi connectivity index (χ1v) is 9.35. The molecule has 29 heavy (non-hydrogen) atoms. The summed E-state index contributed by atoms with van der Waals surface area (Å²) in [6.07, 6.45) is 0.639. The molecule has 4 rings (SSSR count). The Morgan fingerprint density at radius 1 is 1.10 bits per heavy atom. The molecule has 1 aliphatic rings. The second-order valence-electron chi connectivity index (χ2n) is 7.39. The van der Waals surface area contributed by atoms with E-state index in [4.69, 9.17) is 4.42 Å². The number of carbonyl (C=O) groups excluding carboxylic acids is 1. The molecule has 0 fully saturated rings. The van der Waals surface area contributed by atoms with E-state index >= 15 is 0 Å². The molecule has 0 bridgehead atoms. The Bertz CT molecular complexity index is 1160. The summed E-state index contributed by atoms with van der Waals surface area (Å²) in [4.78, 5) is 29.8. The lowest BCUT2D eigenvalue weighted by Gasteiger charge is -2.26. The van der Waals surface area contributed by atoms with Gasteiger partial charge in [0.15, 0.2) is 5.43 Å². The number of hydrogen-bond donors (Lipinski definition) is 0. The lowest BCUT2D eigenvalue weighted by Crippen LogP contribution is -2.32. The third-order valence-corrected chi connectivity index (χ3v) is 5.13. The second kappa shape index (κ2) is 7.40. The molecule has 0 N–H and O–H groups in total. The van der Waals surface area contributed by atoms with Crippen molar-refractivity contribution in [3.05, 3.63) is 81.2 Å². The van der Waals surface area contributed by atoms with Crippen molar-refractivity contribution >= 4 is 16.9 Å². The second-order valence-corrected chi connectivity index (χ2v) is 7.39. The van der Waals surface area contributed by atoms with Crippen molar-refractivity contribution in [2.24, 2.45) is 0 Å². The fourth-order valence-electron chi connectivity index (χ4n) is 3.80. The summed E-state index contributed by atoms with van der Waals surface area (Å²) in [6.45, 7) is 1.04. The number of amides is 1. The van der Waals surface area contributed by atoms with Gasteiger partial charge in [0.2, 0.25) is 5.76 Å². The minimum atomic E-state index is -0.912. The maximum atomic E-state index is 14.7. The van der Waals surface area contributed by atoms with Gasteiger partial charge in [-0.25, -0.2) is 8.78 Å². The molecule has 0 saturated heterocycles. The zero-order chi connectivity index (χ0) is 20.7. The standard InChI is InChI=1S/C22H20F2N2O3/c1-25(2)10-5-11-26-19(14-6-3-4-7-16(14)24)18-20(27)15-12-13(23)8-9-17(15)29-21(18)22(26)28/h3-4,6-9,12,19H,5,10-11H2,1-2H3. The minimum Gasteiger partial charge on any atom is -0.450 e. The van der Waals surface area contributed by atoms with Crippen LogP contribution in [0.4, 0.5) is 8.78 Å². The Morgan fingerprint density at radius 3 is 2.59 bits per heavy atom. The molecule has 2 aromatic carbocycles. The zero-order valence-electron chi connectivity index (χ0n) is 16.1. The number of benzene rings is 2. The summed E-state index contributed by atoms with van der Waals surface area (Å²) < 4.78 is 34.1. The van der Waals surface area contributed by atoms with Crippen LogP contribution in [0.1, 0.15) is 34.1 Å². The quantitative estimate of drug-likeness (QED) is 0.659. The van der Waals surface area contributed by atoms with Crippen LogP contribution in [0.15, 0.2) is 51.7 Å². The fourth-order valence-corrected chi connectivity index (χ4v) is 3.80. The largest absolute Gasteiger partial charge is 0.450 e. The highest BCUT2D eigenvalue weighted by Crippen LogP contribution is 2.39. The van der Waals surface area contributed by atoms with Crippen LogP contribution < -0.4 is 5.43 Å². The van der Waals surface area contributed by atoms with E-state index in [0.717, 1.165) is 12.6 Å². The van der Waals surface area contributed by atoms with Gasteiger partial charge in [0.05, 0.1) is 17.0 Å². The zero-order valence-corrected chi connectivity index (χ0v) is 16.1. The van der Waals surface area contributed by atoms with Crippen molar-refractivity contribution in [1.29, 1.82) is 0 Å². The third-order valence-electron chi connectivity index (χ3n) is 5.13. The molecule has 1 aliphatic heterocycles. The van der Waals surface area contributed by atoms with Crippen LogP contribution in [0.3, 0.4) is 0 Å². The number of fused-ring (bicyclic) bond motifs is 2. The van der Waals surface area contributed by atoms with Crippen molar-refractivity contribution in [3.63, 3.8) is 0 Å². The molecule has 1 aromatic heterocycles. The van der Waals surface area contributed by atoms with Crippen molar-refractivity contribution in [3.8, 4) is 0 Å². The predicted octanol–water partition coefficient (Wildman–Crippen LogP) is 3.57. The van der Waals surface area contributed by atoms with E-state index in [2.05, 4.69) is 0 Å². The van der Waals surface area contributed by atoms with Gasteiger partial charge >= 0.3 is 0 Å². The van der Waals surface area contributed by atoms with Gasteiger partial charge < -0.3 is 14.2 Å². The average Bonchev–Trinajstić information content (AvgIpc) is 2.95. The smallest absolute Gasteiger partial charge is 0.290 e. The van der Waals surface area contributed by atoms with Crippen LogP contribution >= 0.6 is 0 Å². The average molecular weight is 398 g/mol. The highest BCUT2D eigenvalue weighted by atomic mass is 19.1. The number of halogens is 2. The predicted molar refractivity (Wildman–Crippen MR) is 105 cm³/mol. The molecule has 7 heteroatoms. The maximum absolute atomic E-state index is 14.7. The number of nitrogens with zero attached hydrogens (tertiary/aromatic N) is 2. The van der Waals surface area contributed by atoms with Crippen LogP contribution in [0.5, 0.6) is 0 Å². The summed E-state index contributed by atoms with van der Waals surface area (Å²) in [7, 11) is 3.84. The van der Waals surface area contributed by atoms with Gasteiger partial charge in [-0.3, -0.25) is 9.59 Å². The molecule has 3 aromatic rings. The molecule has 0 radical (unpaired) electrons. The number of hydrogen-bond acceptors (Lipinski definition) is 4. The Morgan fingerprint density at radius 2 is 1.86 bits per heavy atom. The summed E-state index contributed by atoms with van der Waals surface area (Å²) in [5, 5.41) is 0.0352. The molecule has 1 atom stereocenters. The monoisotopic (exact) mass is 398 g/mol. The van der Waals surface area contributed by atoms with E-state index in [9.17, 15) is 18.4 Å². The third kappa shape index (κ3) is 3.31. The van der Waals surface area contributed by atoms with Gasteiger partial charge in [-0.05, 0) is 51.3 Å². The highest BCUT2D eigenvalue weighted by Gasteiger charge is 2.43. The van der Waals surface area contributed by atoms with Crippen molar-refractivity contribution in [2.75, 3.05) is 27.2 Å². The van der Waals surface area contributed by atoms with Gasteiger partial charge in [-0.15, -0.1) is 0 Å². The van der Waals surface area contributed by atoms with E-state index in [-0.39, 0.29) is 27.9 Å². The first kappa shape index (κ1) is 19.3. The molecular weight excluding hydrogens is 378 g/mol. The molecule has 1 unspecified atom stereocenters. The van der Waals surface area contributed by atoms with Crippen molar-refractivity contribution in [1.82, 2.24) is 9.80 Å². The normalized spacial score (nSPS) is 16.1. The van der Waals surface area contributed by atoms with E-state index in [1.807, 2.05) is 19.0 Å². The summed E-state index contributed by atoms with van der Waals surface area (Å²) in [5.74, 6) is -1.67. The highest BCUT2D eigenvalue weighted by molar-refractivity contribution is 5.99. The fraction of sp³-hybridized carbons (Fsp3) is 0.273. The van der Waals surface area contributed by atoms with Crippen LogP contribution in [0, 0.1) is 11.6 Å². The minimum absolute atomic E-state index is 0.0352. The van der Waals surface area contributed by atoms with Crippen LogP contribution in [-0.4, -0.2) is 42.9 Å². The first-order chi connectivity index (χ1) is 13.9. The molecule has 0 aliphatic carbocycles. The molecule has 2 heterocycles. The maximum Gasteiger partial charge on any atom is 0.290 e. The SMILES string of the molecule is CN(C)CCCN1C(=O)c2oc3ccc(F)cc3c(=O)c2C1c1ccccc1F. The first-order valence-electron chi connectivity index (χ1n) is 9.35. The summed E-state index contributed by atoms with van der Waals surface area (Å²) in [5.41, 5.74) is -0.112. The van der Waals surface area contributed by atoms with E-state index in [1.54, 1.807) is 18.2 Å². The van der Waals surface area contributed by atoms with Gasteiger partial charge in [0.1, 0.15) is 17.2 Å². The number of carbonyl (C=O) groups is 1. The van der Waals surface area contributed by atoms with E-state index in [0.29, 0.717) is 13.0 Å². The molecule has 1 amide bonds. The van der Waals surface area contributed by atoms with Crippen molar-refractivity contribution < 1.29 is 18.0 Å². The molecule has 0 spiro atoms. The molecule has 150 valence electrons. The van der Waals surface area contributed by atoms with Crippen LogP contribution in [0.25, 0.3) is 11.0 Å². The van der Waals surface area contributed by atoms with Crippen molar-refractivity contribution in [2.45, 2.75) is 12.5 Å². The molecular formula is C22H20F2N2O3. The van der Waals surface area contributed by atoms with Gasteiger partial charge in [0.25, 0.3) is 5.91 Å². The topological polar surface area (TPSA) is 53.8 Å².